The van der Waals surface area contributed by atoms with Gasteiger partial charge in [0.25, 0.3) is 5.56 Å². The Morgan fingerprint density at radius 2 is 2.11 bits per heavy atom. The molecule has 4 nitrogen and oxygen atoms in total. The molecule has 0 fully saturated rings. The number of aromatic carboxylic acids is 1. The largest absolute Gasteiger partial charge is 0.477 e. The van der Waals surface area contributed by atoms with Crippen molar-refractivity contribution in [3.63, 3.8) is 0 Å². The van der Waals surface area contributed by atoms with Gasteiger partial charge in [-0.1, -0.05) is 0 Å². The molecule has 0 aliphatic rings. The van der Waals surface area contributed by atoms with Crippen LogP contribution in [-0.4, -0.2) is 15.6 Å². The molecular formula is C13H12BrNO3S. The maximum Gasteiger partial charge on any atom is 0.341 e. The molecule has 0 saturated heterocycles. The number of nitrogens with zero attached hydrogens (tertiary/aromatic N) is 1. The summed E-state index contributed by atoms with van der Waals surface area (Å²) in [7, 11) is 0. The standard InChI is InChI=1S/C13H12BrNO3S/c1-7-3-8(2)15(12(16)11(7)13(17)18)5-10-4-9(14)6-19-10/h3-4,6H,5H2,1-2H3,(H,17,18). The molecule has 0 bridgehead atoms. The summed E-state index contributed by atoms with van der Waals surface area (Å²) >= 11 is 4.89. The van der Waals surface area contributed by atoms with Gasteiger partial charge in [0.1, 0.15) is 5.56 Å². The molecule has 0 unspecified atom stereocenters. The third-order valence-corrected chi connectivity index (χ3v) is 4.54. The van der Waals surface area contributed by atoms with Crippen molar-refractivity contribution in [2.75, 3.05) is 0 Å². The number of hydrogen-bond acceptors (Lipinski definition) is 3. The van der Waals surface area contributed by atoms with E-state index in [2.05, 4.69) is 15.9 Å². The smallest absolute Gasteiger partial charge is 0.341 e. The lowest BCUT2D eigenvalue weighted by atomic mass is 10.1. The Kier molecular flexibility index (Phi) is 3.91. The molecule has 2 rings (SSSR count). The molecule has 2 aromatic heterocycles. The maximum atomic E-state index is 12.2. The molecule has 2 heterocycles. The highest BCUT2D eigenvalue weighted by Gasteiger charge is 2.16. The van der Waals surface area contributed by atoms with E-state index in [1.54, 1.807) is 13.0 Å². The number of aromatic nitrogens is 1. The summed E-state index contributed by atoms with van der Waals surface area (Å²) in [4.78, 5) is 24.4. The van der Waals surface area contributed by atoms with E-state index >= 15 is 0 Å². The van der Waals surface area contributed by atoms with E-state index in [9.17, 15) is 9.59 Å². The van der Waals surface area contributed by atoms with Crippen molar-refractivity contribution in [1.29, 1.82) is 0 Å². The van der Waals surface area contributed by atoms with Crippen LogP contribution in [0.4, 0.5) is 0 Å². The molecule has 0 aromatic carbocycles. The molecule has 0 saturated carbocycles. The lowest BCUT2D eigenvalue weighted by Crippen LogP contribution is -2.29. The minimum absolute atomic E-state index is 0.152. The van der Waals surface area contributed by atoms with E-state index in [-0.39, 0.29) is 5.56 Å². The molecule has 0 spiro atoms. The Bertz CT molecular complexity index is 702. The Morgan fingerprint density at radius 1 is 1.42 bits per heavy atom. The second-order valence-corrected chi connectivity index (χ2v) is 6.18. The summed E-state index contributed by atoms with van der Waals surface area (Å²) in [5.74, 6) is -1.18. The van der Waals surface area contributed by atoms with Crippen LogP contribution in [-0.2, 0) is 6.54 Å². The van der Waals surface area contributed by atoms with Crippen molar-refractivity contribution >= 4 is 33.2 Å². The summed E-state index contributed by atoms with van der Waals surface area (Å²) in [6, 6.07) is 3.66. The Labute approximate surface area is 122 Å². The van der Waals surface area contributed by atoms with Crippen molar-refractivity contribution in [2.45, 2.75) is 20.4 Å². The van der Waals surface area contributed by atoms with Crippen LogP contribution in [0.1, 0.15) is 26.5 Å². The number of thiophene rings is 1. The fourth-order valence-corrected chi connectivity index (χ4v) is 3.42. The average Bonchev–Trinajstić information content (AvgIpc) is 2.69. The van der Waals surface area contributed by atoms with Crippen molar-refractivity contribution in [3.05, 3.63) is 54.0 Å². The van der Waals surface area contributed by atoms with E-state index in [1.165, 1.54) is 15.9 Å². The number of carboxylic acid groups (broad SMARTS) is 1. The first-order valence-electron chi connectivity index (χ1n) is 5.57. The Morgan fingerprint density at radius 3 is 2.63 bits per heavy atom. The van der Waals surface area contributed by atoms with Crippen LogP contribution >= 0.6 is 27.3 Å². The average molecular weight is 342 g/mol. The second kappa shape index (κ2) is 5.30. The predicted molar refractivity (Wildman–Crippen MR) is 78.3 cm³/mol. The van der Waals surface area contributed by atoms with E-state index in [1.807, 2.05) is 18.4 Å². The van der Waals surface area contributed by atoms with E-state index in [0.717, 1.165) is 15.0 Å². The van der Waals surface area contributed by atoms with Gasteiger partial charge in [-0.15, -0.1) is 11.3 Å². The van der Waals surface area contributed by atoms with Crippen LogP contribution in [0, 0.1) is 13.8 Å². The molecule has 19 heavy (non-hydrogen) atoms. The highest BCUT2D eigenvalue weighted by molar-refractivity contribution is 9.10. The molecule has 6 heteroatoms. The summed E-state index contributed by atoms with van der Waals surface area (Å²) < 4.78 is 2.46. The zero-order chi connectivity index (χ0) is 14.2. The fraction of sp³-hybridized carbons (Fsp3) is 0.231. The number of carboxylic acids is 1. The summed E-state index contributed by atoms with van der Waals surface area (Å²) in [5.41, 5.74) is 0.659. The number of pyridine rings is 1. The number of rotatable bonds is 3. The second-order valence-electron chi connectivity index (χ2n) is 4.27. The number of hydrogen-bond donors (Lipinski definition) is 1. The van der Waals surface area contributed by atoms with Crippen molar-refractivity contribution < 1.29 is 9.90 Å². The Hall–Kier alpha value is -1.40. The molecule has 0 atom stereocenters. The molecule has 100 valence electrons. The fourth-order valence-electron chi connectivity index (χ4n) is 1.98. The van der Waals surface area contributed by atoms with Gasteiger partial charge < -0.3 is 9.67 Å². The minimum atomic E-state index is -1.18. The van der Waals surface area contributed by atoms with Gasteiger partial charge in [-0.25, -0.2) is 4.79 Å². The van der Waals surface area contributed by atoms with Gasteiger partial charge in [0, 0.05) is 20.4 Å². The number of carbonyl (C=O) groups is 1. The van der Waals surface area contributed by atoms with Gasteiger partial charge in [0.05, 0.1) is 6.54 Å². The Balaban J connectivity index is 2.54. The van der Waals surface area contributed by atoms with Crippen LogP contribution in [0.2, 0.25) is 0 Å². The van der Waals surface area contributed by atoms with E-state index in [0.29, 0.717) is 12.1 Å². The van der Waals surface area contributed by atoms with Gasteiger partial charge in [-0.3, -0.25) is 4.79 Å². The van der Waals surface area contributed by atoms with Crippen molar-refractivity contribution in [3.8, 4) is 0 Å². The van der Waals surface area contributed by atoms with Crippen LogP contribution in [0.25, 0.3) is 0 Å². The van der Waals surface area contributed by atoms with Gasteiger partial charge in [0.15, 0.2) is 0 Å². The SMILES string of the molecule is Cc1cc(C)n(Cc2cc(Br)cs2)c(=O)c1C(=O)O. The first-order valence-corrected chi connectivity index (χ1v) is 7.24. The molecule has 2 aromatic rings. The van der Waals surface area contributed by atoms with Crippen LogP contribution in [0.15, 0.2) is 26.8 Å². The van der Waals surface area contributed by atoms with Gasteiger partial charge in [-0.05, 0) is 47.5 Å². The summed E-state index contributed by atoms with van der Waals surface area (Å²) in [6.07, 6.45) is 0. The van der Waals surface area contributed by atoms with Gasteiger partial charge in [-0.2, -0.15) is 0 Å². The summed E-state index contributed by atoms with van der Waals surface area (Å²) in [6.45, 7) is 3.84. The third-order valence-electron chi connectivity index (χ3n) is 2.85. The van der Waals surface area contributed by atoms with E-state index < -0.39 is 11.5 Å². The minimum Gasteiger partial charge on any atom is -0.477 e. The first kappa shape index (κ1) is 14.0. The summed E-state index contributed by atoms with van der Waals surface area (Å²) in [5, 5.41) is 11.0. The molecule has 0 aliphatic heterocycles. The van der Waals surface area contributed by atoms with Crippen LogP contribution in [0.5, 0.6) is 0 Å². The molecular weight excluding hydrogens is 330 g/mol. The molecule has 0 amide bonds. The zero-order valence-electron chi connectivity index (χ0n) is 10.4. The molecule has 0 radical (unpaired) electrons. The normalized spacial score (nSPS) is 10.7. The first-order chi connectivity index (χ1) is 8.90. The molecule has 1 N–H and O–H groups in total. The lowest BCUT2D eigenvalue weighted by Gasteiger charge is -2.11. The van der Waals surface area contributed by atoms with Crippen LogP contribution < -0.4 is 5.56 Å². The predicted octanol–water partition coefficient (Wildman–Crippen LogP) is 3.04. The third kappa shape index (κ3) is 2.79. The topological polar surface area (TPSA) is 59.3 Å². The number of aryl methyl sites for hydroxylation is 2. The zero-order valence-corrected chi connectivity index (χ0v) is 12.8. The monoisotopic (exact) mass is 341 g/mol. The number of halogens is 1. The quantitative estimate of drug-likeness (QED) is 0.933. The molecule has 0 aliphatic carbocycles. The van der Waals surface area contributed by atoms with Gasteiger partial charge >= 0.3 is 5.97 Å². The van der Waals surface area contributed by atoms with E-state index in [4.69, 9.17) is 5.11 Å². The maximum absolute atomic E-state index is 12.2. The lowest BCUT2D eigenvalue weighted by molar-refractivity contribution is 0.0693. The highest BCUT2D eigenvalue weighted by atomic mass is 79.9. The van der Waals surface area contributed by atoms with Crippen LogP contribution in [0.3, 0.4) is 0 Å². The van der Waals surface area contributed by atoms with Crippen molar-refractivity contribution in [2.24, 2.45) is 0 Å². The highest BCUT2D eigenvalue weighted by Crippen LogP contribution is 2.21. The van der Waals surface area contributed by atoms with Crippen molar-refractivity contribution in [1.82, 2.24) is 4.57 Å². The van der Waals surface area contributed by atoms with Gasteiger partial charge in [0.2, 0.25) is 0 Å².